The molecule has 0 aromatic heterocycles. The SMILES string of the molecule is CN(Cc1cccc(F)c1)C1CCC(N)(C#N)CC1. The summed E-state index contributed by atoms with van der Waals surface area (Å²) in [5.74, 6) is -0.194. The summed E-state index contributed by atoms with van der Waals surface area (Å²) in [6.07, 6.45) is 3.33. The zero-order chi connectivity index (χ0) is 13.9. The van der Waals surface area contributed by atoms with Crippen molar-refractivity contribution < 1.29 is 4.39 Å². The highest BCUT2D eigenvalue weighted by atomic mass is 19.1. The maximum Gasteiger partial charge on any atom is 0.123 e. The minimum absolute atomic E-state index is 0.194. The topological polar surface area (TPSA) is 53.0 Å². The first-order chi connectivity index (χ1) is 9.02. The summed E-state index contributed by atoms with van der Waals surface area (Å²) in [5, 5.41) is 9.01. The number of hydrogen-bond donors (Lipinski definition) is 1. The van der Waals surface area contributed by atoms with Crippen molar-refractivity contribution in [3.63, 3.8) is 0 Å². The van der Waals surface area contributed by atoms with Crippen LogP contribution in [0.3, 0.4) is 0 Å². The summed E-state index contributed by atoms with van der Waals surface area (Å²) in [7, 11) is 2.05. The van der Waals surface area contributed by atoms with Crippen molar-refractivity contribution in [2.75, 3.05) is 7.05 Å². The average Bonchev–Trinajstić information content (AvgIpc) is 2.39. The largest absolute Gasteiger partial charge is 0.313 e. The zero-order valence-electron chi connectivity index (χ0n) is 11.3. The molecule has 0 aliphatic heterocycles. The predicted octanol–water partition coefficient (Wildman–Crippen LogP) is 2.42. The lowest BCUT2D eigenvalue weighted by molar-refractivity contribution is 0.161. The number of nitrogens with zero attached hydrogens (tertiary/aromatic N) is 2. The lowest BCUT2D eigenvalue weighted by Crippen LogP contribution is -2.46. The van der Waals surface area contributed by atoms with Crippen LogP contribution in [0.15, 0.2) is 24.3 Å². The van der Waals surface area contributed by atoms with Gasteiger partial charge < -0.3 is 5.73 Å². The molecule has 102 valence electrons. The Labute approximate surface area is 113 Å². The van der Waals surface area contributed by atoms with Crippen LogP contribution < -0.4 is 5.73 Å². The van der Waals surface area contributed by atoms with Crippen molar-refractivity contribution in [2.45, 2.75) is 43.8 Å². The van der Waals surface area contributed by atoms with Gasteiger partial charge in [-0.1, -0.05) is 12.1 Å². The molecular formula is C15H20FN3. The first-order valence-electron chi connectivity index (χ1n) is 6.67. The van der Waals surface area contributed by atoms with E-state index >= 15 is 0 Å². The molecule has 2 N–H and O–H groups in total. The molecule has 0 spiro atoms. The molecule has 1 aliphatic rings. The molecule has 3 nitrogen and oxygen atoms in total. The van der Waals surface area contributed by atoms with Gasteiger partial charge in [-0.3, -0.25) is 4.90 Å². The molecule has 0 radical (unpaired) electrons. The molecule has 1 fully saturated rings. The molecule has 0 bridgehead atoms. The van der Waals surface area contributed by atoms with E-state index in [0.29, 0.717) is 6.04 Å². The number of halogens is 1. The minimum atomic E-state index is -0.643. The van der Waals surface area contributed by atoms with Crippen LogP contribution in [0.4, 0.5) is 4.39 Å². The molecule has 4 heteroatoms. The smallest absolute Gasteiger partial charge is 0.123 e. The fraction of sp³-hybridized carbons (Fsp3) is 0.533. The first-order valence-corrected chi connectivity index (χ1v) is 6.67. The van der Waals surface area contributed by atoms with Crippen LogP contribution in [-0.2, 0) is 6.54 Å². The Kier molecular flexibility index (Phi) is 4.18. The summed E-state index contributed by atoms with van der Waals surface area (Å²) in [6, 6.07) is 9.33. The molecule has 0 amide bonds. The fourth-order valence-corrected chi connectivity index (χ4v) is 2.72. The van der Waals surface area contributed by atoms with E-state index in [0.717, 1.165) is 37.8 Å². The Balaban J connectivity index is 1.92. The second kappa shape index (κ2) is 5.68. The summed E-state index contributed by atoms with van der Waals surface area (Å²) in [4.78, 5) is 2.23. The van der Waals surface area contributed by atoms with Crippen molar-refractivity contribution in [3.8, 4) is 6.07 Å². The van der Waals surface area contributed by atoms with E-state index in [9.17, 15) is 4.39 Å². The van der Waals surface area contributed by atoms with Gasteiger partial charge in [0.25, 0.3) is 0 Å². The van der Waals surface area contributed by atoms with Crippen LogP contribution in [0.5, 0.6) is 0 Å². The van der Waals surface area contributed by atoms with Crippen molar-refractivity contribution in [1.82, 2.24) is 4.90 Å². The van der Waals surface area contributed by atoms with E-state index in [1.807, 2.05) is 13.1 Å². The number of hydrogen-bond acceptors (Lipinski definition) is 3. The monoisotopic (exact) mass is 261 g/mol. The van der Waals surface area contributed by atoms with Crippen LogP contribution in [0.2, 0.25) is 0 Å². The zero-order valence-corrected chi connectivity index (χ0v) is 11.3. The van der Waals surface area contributed by atoms with Gasteiger partial charge in [-0.05, 0) is 50.4 Å². The highest BCUT2D eigenvalue weighted by Gasteiger charge is 2.32. The maximum absolute atomic E-state index is 13.1. The molecule has 2 rings (SSSR count). The maximum atomic E-state index is 13.1. The standard InChI is InChI=1S/C15H20FN3/c1-19(10-12-3-2-4-13(16)9-12)14-5-7-15(18,11-17)8-6-14/h2-4,9,14H,5-8,10,18H2,1H3. The summed E-state index contributed by atoms with van der Waals surface area (Å²) in [5.41, 5.74) is 6.30. The molecule has 0 saturated heterocycles. The third kappa shape index (κ3) is 3.52. The van der Waals surface area contributed by atoms with Gasteiger partial charge in [-0.25, -0.2) is 4.39 Å². The summed E-state index contributed by atoms with van der Waals surface area (Å²) >= 11 is 0. The van der Waals surface area contributed by atoms with Gasteiger partial charge in [0.05, 0.1) is 6.07 Å². The van der Waals surface area contributed by atoms with Crippen molar-refractivity contribution >= 4 is 0 Å². The lowest BCUT2D eigenvalue weighted by atomic mass is 9.81. The van der Waals surface area contributed by atoms with Gasteiger partial charge in [-0.15, -0.1) is 0 Å². The molecule has 1 saturated carbocycles. The Morgan fingerprint density at radius 3 is 2.74 bits per heavy atom. The Morgan fingerprint density at radius 2 is 2.16 bits per heavy atom. The molecule has 1 aromatic rings. The quantitative estimate of drug-likeness (QED) is 0.909. The fourth-order valence-electron chi connectivity index (χ4n) is 2.72. The second-order valence-electron chi connectivity index (χ2n) is 5.54. The highest BCUT2D eigenvalue weighted by molar-refractivity contribution is 5.16. The molecular weight excluding hydrogens is 241 g/mol. The van der Waals surface area contributed by atoms with Gasteiger partial charge in [-0.2, -0.15) is 5.26 Å². The molecule has 0 heterocycles. The van der Waals surface area contributed by atoms with E-state index in [2.05, 4.69) is 11.0 Å². The first kappa shape index (κ1) is 14.0. The molecule has 0 atom stereocenters. The van der Waals surface area contributed by atoms with E-state index < -0.39 is 5.54 Å². The van der Waals surface area contributed by atoms with Crippen LogP contribution >= 0.6 is 0 Å². The molecule has 1 aromatic carbocycles. The van der Waals surface area contributed by atoms with Crippen LogP contribution in [-0.4, -0.2) is 23.5 Å². The third-order valence-corrected chi connectivity index (χ3v) is 4.01. The van der Waals surface area contributed by atoms with Gasteiger partial charge in [0.2, 0.25) is 0 Å². The number of nitrogens with two attached hydrogens (primary N) is 1. The van der Waals surface area contributed by atoms with Crippen LogP contribution in [0, 0.1) is 17.1 Å². The molecule has 1 aliphatic carbocycles. The van der Waals surface area contributed by atoms with Crippen molar-refractivity contribution in [3.05, 3.63) is 35.6 Å². The number of benzene rings is 1. The summed E-state index contributed by atoms with van der Waals surface area (Å²) < 4.78 is 13.1. The minimum Gasteiger partial charge on any atom is -0.313 e. The summed E-state index contributed by atoms with van der Waals surface area (Å²) in [6.45, 7) is 0.729. The molecule has 0 unspecified atom stereocenters. The normalized spacial score (nSPS) is 27.2. The third-order valence-electron chi connectivity index (χ3n) is 4.01. The van der Waals surface area contributed by atoms with Gasteiger partial charge >= 0.3 is 0 Å². The number of nitriles is 1. The Bertz CT molecular complexity index is 473. The lowest BCUT2D eigenvalue weighted by Gasteiger charge is -2.36. The average molecular weight is 261 g/mol. The van der Waals surface area contributed by atoms with Crippen LogP contribution in [0.1, 0.15) is 31.2 Å². The number of rotatable bonds is 3. The van der Waals surface area contributed by atoms with Gasteiger partial charge in [0.15, 0.2) is 0 Å². The van der Waals surface area contributed by atoms with Crippen LogP contribution in [0.25, 0.3) is 0 Å². The van der Waals surface area contributed by atoms with Crippen molar-refractivity contribution in [1.29, 1.82) is 5.26 Å². The van der Waals surface area contributed by atoms with Gasteiger partial charge in [0.1, 0.15) is 11.4 Å². The van der Waals surface area contributed by atoms with E-state index in [-0.39, 0.29) is 5.82 Å². The van der Waals surface area contributed by atoms with Gasteiger partial charge in [0, 0.05) is 12.6 Å². The van der Waals surface area contributed by atoms with E-state index in [4.69, 9.17) is 11.0 Å². The van der Waals surface area contributed by atoms with E-state index in [1.165, 1.54) is 6.07 Å². The molecule has 19 heavy (non-hydrogen) atoms. The Hall–Kier alpha value is -1.44. The predicted molar refractivity (Wildman–Crippen MR) is 72.7 cm³/mol. The second-order valence-corrected chi connectivity index (χ2v) is 5.54. The highest BCUT2D eigenvalue weighted by Crippen LogP contribution is 2.28. The Morgan fingerprint density at radius 1 is 1.47 bits per heavy atom. The van der Waals surface area contributed by atoms with E-state index in [1.54, 1.807) is 12.1 Å². The van der Waals surface area contributed by atoms with Crippen molar-refractivity contribution in [2.24, 2.45) is 5.73 Å².